The van der Waals surface area contributed by atoms with E-state index in [2.05, 4.69) is 24.3 Å². The van der Waals surface area contributed by atoms with E-state index in [4.69, 9.17) is 9.47 Å². The summed E-state index contributed by atoms with van der Waals surface area (Å²) in [6.45, 7) is 0.402. The van der Waals surface area contributed by atoms with Crippen molar-refractivity contribution < 1.29 is 13.9 Å². The molecule has 0 radical (unpaired) electrons. The van der Waals surface area contributed by atoms with Crippen LogP contribution in [0.4, 0.5) is 4.39 Å². The van der Waals surface area contributed by atoms with Crippen LogP contribution in [0.2, 0.25) is 0 Å². The number of hydrogen-bond donors (Lipinski definition) is 0. The van der Waals surface area contributed by atoms with Crippen molar-refractivity contribution in [3.63, 3.8) is 0 Å². The smallest absolute Gasteiger partial charge is 0.161 e. The second-order valence-electron chi connectivity index (χ2n) is 7.02. The normalized spacial score (nSPS) is 11.2. The molecule has 0 atom stereocenters. The molecule has 0 aliphatic rings. The van der Waals surface area contributed by atoms with Crippen molar-refractivity contribution in [3.05, 3.63) is 107 Å². The Kier molecular flexibility index (Phi) is 5.96. The molecule has 0 saturated carbocycles. The number of rotatable bonds is 6. The largest absolute Gasteiger partial charge is 0.493 e. The summed E-state index contributed by atoms with van der Waals surface area (Å²) in [4.78, 5) is 0. The minimum absolute atomic E-state index is 0.367. The Bertz CT molecular complexity index is 1300. The molecular weight excluding hydrogens is 389 g/mol. The van der Waals surface area contributed by atoms with Crippen molar-refractivity contribution >= 4 is 22.4 Å². The summed E-state index contributed by atoms with van der Waals surface area (Å²) in [5, 5.41) is 11.8. The van der Waals surface area contributed by atoms with E-state index in [1.807, 2.05) is 36.4 Å². The molecule has 0 aliphatic carbocycles. The van der Waals surface area contributed by atoms with Crippen LogP contribution in [0.3, 0.4) is 0 Å². The molecule has 0 saturated heterocycles. The summed E-state index contributed by atoms with van der Waals surface area (Å²) < 4.78 is 25.1. The molecule has 0 unspecified atom stereocenters. The van der Waals surface area contributed by atoms with Gasteiger partial charge in [0.25, 0.3) is 0 Å². The van der Waals surface area contributed by atoms with Gasteiger partial charge in [-0.1, -0.05) is 60.7 Å². The molecule has 4 rings (SSSR count). The molecule has 0 spiro atoms. The first kappa shape index (κ1) is 20.2. The summed E-state index contributed by atoms with van der Waals surface area (Å²) >= 11 is 0. The Morgan fingerprint density at radius 2 is 1.74 bits per heavy atom. The minimum Gasteiger partial charge on any atom is -0.493 e. The molecule has 152 valence electrons. The molecule has 0 amide bonds. The van der Waals surface area contributed by atoms with Gasteiger partial charge in [0.05, 0.1) is 18.8 Å². The average Bonchev–Trinajstić information content (AvgIpc) is 2.81. The van der Waals surface area contributed by atoms with Crippen LogP contribution in [-0.2, 0) is 6.61 Å². The van der Waals surface area contributed by atoms with E-state index >= 15 is 0 Å². The first-order valence-corrected chi connectivity index (χ1v) is 9.83. The third-order valence-corrected chi connectivity index (χ3v) is 5.02. The van der Waals surface area contributed by atoms with Crippen molar-refractivity contribution in [2.45, 2.75) is 6.61 Å². The summed E-state index contributed by atoms with van der Waals surface area (Å²) in [6, 6.07) is 27.9. The van der Waals surface area contributed by atoms with Crippen LogP contribution in [0.25, 0.3) is 22.4 Å². The summed E-state index contributed by atoms with van der Waals surface area (Å²) in [5.41, 5.74) is 2.74. The molecule has 0 fully saturated rings. The third-order valence-electron chi connectivity index (χ3n) is 5.02. The van der Waals surface area contributed by atoms with Crippen LogP contribution in [-0.4, -0.2) is 7.11 Å². The number of hydrogen-bond acceptors (Lipinski definition) is 3. The van der Waals surface area contributed by atoms with Crippen molar-refractivity contribution in [2.75, 3.05) is 7.11 Å². The maximum atomic E-state index is 13.5. The highest BCUT2D eigenvalue weighted by Gasteiger charge is 2.09. The van der Waals surface area contributed by atoms with Crippen LogP contribution in [0.1, 0.15) is 16.7 Å². The fraction of sp³-hybridized carbons (Fsp3) is 0.0741. The SMILES string of the molecule is COc1cc(/C=C(/C#N)c2cccc(F)c2)ccc1OCc1cccc2ccccc12. The van der Waals surface area contributed by atoms with Crippen LogP contribution in [0, 0.1) is 17.1 Å². The van der Waals surface area contributed by atoms with Gasteiger partial charge in [-0.3, -0.25) is 0 Å². The van der Waals surface area contributed by atoms with Crippen LogP contribution in [0.15, 0.2) is 84.9 Å². The van der Waals surface area contributed by atoms with Crippen molar-refractivity contribution in [1.29, 1.82) is 5.26 Å². The second kappa shape index (κ2) is 9.15. The van der Waals surface area contributed by atoms with Gasteiger partial charge in [-0.25, -0.2) is 4.39 Å². The zero-order valence-corrected chi connectivity index (χ0v) is 17.0. The highest BCUT2D eigenvalue weighted by molar-refractivity contribution is 5.90. The van der Waals surface area contributed by atoms with E-state index < -0.39 is 0 Å². The molecule has 0 bridgehead atoms. The molecule has 4 heteroatoms. The average molecular weight is 409 g/mol. The van der Waals surface area contributed by atoms with Crippen molar-refractivity contribution in [2.24, 2.45) is 0 Å². The summed E-state index contributed by atoms with van der Waals surface area (Å²) in [7, 11) is 1.57. The predicted octanol–water partition coefficient (Wildman–Crippen LogP) is 6.63. The summed E-state index contributed by atoms with van der Waals surface area (Å²) in [6.07, 6.45) is 1.70. The lowest BCUT2D eigenvalue weighted by atomic mass is 10.0. The first-order chi connectivity index (χ1) is 15.2. The first-order valence-electron chi connectivity index (χ1n) is 9.83. The van der Waals surface area contributed by atoms with E-state index in [0.29, 0.717) is 29.2 Å². The van der Waals surface area contributed by atoms with E-state index in [1.54, 1.807) is 31.4 Å². The zero-order valence-electron chi connectivity index (χ0n) is 17.0. The van der Waals surface area contributed by atoms with E-state index in [9.17, 15) is 9.65 Å². The van der Waals surface area contributed by atoms with Gasteiger partial charge < -0.3 is 9.47 Å². The monoisotopic (exact) mass is 409 g/mol. The molecule has 4 aromatic rings. The van der Waals surface area contributed by atoms with Gasteiger partial charge in [0, 0.05) is 0 Å². The number of halogens is 1. The number of nitriles is 1. The fourth-order valence-electron chi connectivity index (χ4n) is 3.47. The Balaban J connectivity index is 1.59. The fourth-order valence-corrected chi connectivity index (χ4v) is 3.47. The molecule has 0 aromatic heterocycles. The number of nitrogens with zero attached hydrogens (tertiary/aromatic N) is 1. The lowest BCUT2D eigenvalue weighted by Gasteiger charge is -2.13. The maximum Gasteiger partial charge on any atom is 0.161 e. The number of ether oxygens (including phenoxy) is 2. The van der Waals surface area contributed by atoms with Gasteiger partial charge in [0.1, 0.15) is 12.4 Å². The van der Waals surface area contributed by atoms with Gasteiger partial charge in [-0.15, -0.1) is 0 Å². The Hall–Kier alpha value is -4.10. The number of benzene rings is 4. The lowest BCUT2D eigenvalue weighted by molar-refractivity contribution is 0.285. The number of fused-ring (bicyclic) bond motifs is 1. The molecule has 0 N–H and O–H groups in total. The maximum absolute atomic E-state index is 13.5. The van der Waals surface area contributed by atoms with Gasteiger partial charge in [0.2, 0.25) is 0 Å². The molecule has 31 heavy (non-hydrogen) atoms. The van der Waals surface area contributed by atoms with E-state index in [-0.39, 0.29) is 5.82 Å². The summed E-state index contributed by atoms with van der Waals surface area (Å²) in [5.74, 6) is 0.788. The zero-order chi connectivity index (χ0) is 21.6. The Labute approximate surface area is 180 Å². The van der Waals surface area contributed by atoms with Crippen LogP contribution in [0.5, 0.6) is 11.5 Å². The van der Waals surface area contributed by atoms with E-state index in [1.165, 1.54) is 12.1 Å². The highest BCUT2D eigenvalue weighted by Crippen LogP contribution is 2.31. The second-order valence-corrected chi connectivity index (χ2v) is 7.02. The third kappa shape index (κ3) is 4.57. The quantitative estimate of drug-likeness (QED) is 0.265. The van der Waals surface area contributed by atoms with Gasteiger partial charge in [-0.2, -0.15) is 5.26 Å². The number of methoxy groups -OCH3 is 1. The van der Waals surface area contributed by atoms with Gasteiger partial charge >= 0.3 is 0 Å². The molecular formula is C27H20FNO2. The Morgan fingerprint density at radius 1 is 0.935 bits per heavy atom. The molecule has 0 heterocycles. The van der Waals surface area contributed by atoms with Gasteiger partial charge in [-0.05, 0) is 57.8 Å². The van der Waals surface area contributed by atoms with Crippen LogP contribution < -0.4 is 9.47 Å². The lowest BCUT2D eigenvalue weighted by Crippen LogP contribution is -1.99. The Morgan fingerprint density at radius 3 is 2.55 bits per heavy atom. The van der Waals surface area contributed by atoms with Crippen molar-refractivity contribution in [1.82, 2.24) is 0 Å². The highest BCUT2D eigenvalue weighted by atomic mass is 19.1. The standard InChI is InChI=1S/C27H20FNO2/c1-30-27-15-19(14-23(17-29)21-8-5-10-24(28)16-21)12-13-26(27)31-18-22-9-4-7-20-6-2-3-11-25(20)22/h2-16H,18H2,1H3/b23-14-. The van der Waals surface area contributed by atoms with Crippen LogP contribution >= 0.6 is 0 Å². The van der Waals surface area contributed by atoms with Gasteiger partial charge in [0.15, 0.2) is 11.5 Å². The topological polar surface area (TPSA) is 42.2 Å². The molecule has 4 aromatic carbocycles. The number of allylic oxidation sites excluding steroid dienone is 1. The van der Waals surface area contributed by atoms with Crippen molar-refractivity contribution in [3.8, 4) is 17.6 Å². The minimum atomic E-state index is -0.381. The predicted molar refractivity (Wildman–Crippen MR) is 121 cm³/mol. The molecule has 0 aliphatic heterocycles. The molecule has 3 nitrogen and oxygen atoms in total. The van der Waals surface area contributed by atoms with E-state index in [0.717, 1.165) is 21.9 Å².